The van der Waals surface area contributed by atoms with Crippen molar-refractivity contribution in [2.45, 2.75) is 45.4 Å². The van der Waals surface area contributed by atoms with E-state index >= 15 is 0 Å². The molecule has 3 unspecified atom stereocenters. The third kappa shape index (κ3) is 4.15. The summed E-state index contributed by atoms with van der Waals surface area (Å²) in [6.07, 6.45) is 1.07. The lowest BCUT2D eigenvalue weighted by Gasteiger charge is -2.42. The SMILES string of the molecule is CC(C)NCC1(CN2CC(CO)OCC2C)CCOC1. The summed E-state index contributed by atoms with van der Waals surface area (Å²) in [5.41, 5.74) is 0.204. The minimum atomic E-state index is -0.0383. The maximum Gasteiger partial charge on any atom is 0.0933 e. The van der Waals surface area contributed by atoms with Gasteiger partial charge in [-0.15, -0.1) is 0 Å². The minimum absolute atomic E-state index is 0.0383. The van der Waals surface area contributed by atoms with Crippen LogP contribution in [0.3, 0.4) is 0 Å². The second-order valence-electron chi connectivity index (χ2n) is 6.75. The molecule has 0 aromatic carbocycles. The first kappa shape index (κ1) is 16.2. The van der Waals surface area contributed by atoms with Crippen molar-refractivity contribution in [3.8, 4) is 0 Å². The lowest BCUT2D eigenvalue weighted by molar-refractivity contribution is -0.0884. The molecule has 0 saturated carbocycles. The fourth-order valence-electron chi connectivity index (χ4n) is 3.03. The molecule has 2 N–H and O–H groups in total. The van der Waals surface area contributed by atoms with E-state index in [1.807, 2.05) is 0 Å². The summed E-state index contributed by atoms with van der Waals surface area (Å²) in [6, 6.07) is 0.911. The first-order chi connectivity index (χ1) is 9.54. The van der Waals surface area contributed by atoms with Gasteiger partial charge < -0.3 is 19.9 Å². The van der Waals surface area contributed by atoms with Crippen LogP contribution in [0, 0.1) is 5.41 Å². The summed E-state index contributed by atoms with van der Waals surface area (Å²) in [5.74, 6) is 0. The van der Waals surface area contributed by atoms with Crippen LogP contribution in [0.4, 0.5) is 0 Å². The first-order valence-electron chi connectivity index (χ1n) is 7.82. The average molecular weight is 286 g/mol. The van der Waals surface area contributed by atoms with Crippen molar-refractivity contribution in [3.63, 3.8) is 0 Å². The Labute approximate surface area is 122 Å². The summed E-state index contributed by atoms with van der Waals surface area (Å²) >= 11 is 0. The average Bonchev–Trinajstić information content (AvgIpc) is 2.88. The van der Waals surface area contributed by atoms with E-state index < -0.39 is 0 Å². The highest BCUT2D eigenvalue weighted by molar-refractivity contribution is 4.91. The lowest BCUT2D eigenvalue weighted by Crippen LogP contribution is -2.55. The predicted octanol–water partition coefficient (Wildman–Crippen LogP) is 0.473. The van der Waals surface area contributed by atoms with Crippen molar-refractivity contribution in [1.29, 1.82) is 0 Å². The van der Waals surface area contributed by atoms with Crippen molar-refractivity contribution in [2.75, 3.05) is 46.1 Å². The van der Waals surface area contributed by atoms with Gasteiger partial charge >= 0.3 is 0 Å². The van der Waals surface area contributed by atoms with Crippen LogP contribution in [0.15, 0.2) is 0 Å². The van der Waals surface area contributed by atoms with E-state index in [0.29, 0.717) is 18.7 Å². The monoisotopic (exact) mass is 286 g/mol. The Bertz CT molecular complexity index is 293. The standard InChI is InChI=1S/C15H30N2O3/c1-12(2)16-9-15(4-5-19-11-15)10-17-6-14(7-18)20-8-13(17)3/h12-14,16,18H,4-11H2,1-3H3. The zero-order chi connectivity index (χ0) is 14.6. The van der Waals surface area contributed by atoms with Crippen LogP contribution in [-0.4, -0.2) is 74.3 Å². The molecule has 0 aliphatic carbocycles. The van der Waals surface area contributed by atoms with E-state index in [2.05, 4.69) is 31.0 Å². The molecule has 118 valence electrons. The molecule has 2 rings (SSSR count). The molecule has 0 aromatic heterocycles. The molecule has 3 atom stereocenters. The van der Waals surface area contributed by atoms with E-state index in [-0.39, 0.29) is 18.1 Å². The van der Waals surface area contributed by atoms with Crippen LogP contribution in [-0.2, 0) is 9.47 Å². The summed E-state index contributed by atoms with van der Waals surface area (Å²) in [7, 11) is 0. The van der Waals surface area contributed by atoms with Gasteiger partial charge in [0.2, 0.25) is 0 Å². The van der Waals surface area contributed by atoms with Crippen molar-refractivity contribution in [1.82, 2.24) is 10.2 Å². The number of rotatable bonds is 6. The molecule has 2 aliphatic rings. The van der Waals surface area contributed by atoms with Gasteiger partial charge in [0, 0.05) is 43.7 Å². The smallest absolute Gasteiger partial charge is 0.0933 e. The maximum absolute atomic E-state index is 9.31. The number of nitrogens with zero attached hydrogens (tertiary/aromatic N) is 1. The number of ether oxygens (including phenoxy) is 2. The quantitative estimate of drug-likeness (QED) is 0.743. The minimum Gasteiger partial charge on any atom is -0.394 e. The van der Waals surface area contributed by atoms with E-state index in [0.717, 1.165) is 39.3 Å². The Balaban J connectivity index is 1.95. The van der Waals surface area contributed by atoms with Gasteiger partial charge in [-0.2, -0.15) is 0 Å². The van der Waals surface area contributed by atoms with Crippen molar-refractivity contribution < 1.29 is 14.6 Å². The molecule has 0 amide bonds. The molecule has 5 heteroatoms. The van der Waals surface area contributed by atoms with Crippen LogP contribution < -0.4 is 5.32 Å². The lowest BCUT2D eigenvalue weighted by atomic mass is 9.85. The summed E-state index contributed by atoms with van der Waals surface area (Å²) in [5, 5.41) is 12.9. The number of aliphatic hydroxyl groups excluding tert-OH is 1. The van der Waals surface area contributed by atoms with Gasteiger partial charge in [-0.1, -0.05) is 13.8 Å². The summed E-state index contributed by atoms with van der Waals surface area (Å²) in [6.45, 7) is 11.9. The highest BCUT2D eigenvalue weighted by atomic mass is 16.5. The summed E-state index contributed by atoms with van der Waals surface area (Å²) < 4.78 is 11.3. The van der Waals surface area contributed by atoms with Crippen molar-refractivity contribution in [2.24, 2.45) is 5.41 Å². The highest BCUT2D eigenvalue weighted by Crippen LogP contribution is 2.31. The van der Waals surface area contributed by atoms with Crippen LogP contribution in [0.25, 0.3) is 0 Å². The molecule has 0 spiro atoms. The van der Waals surface area contributed by atoms with Gasteiger partial charge in [0.25, 0.3) is 0 Å². The predicted molar refractivity (Wildman–Crippen MR) is 78.9 cm³/mol. The Hall–Kier alpha value is -0.200. The second kappa shape index (κ2) is 7.18. The van der Waals surface area contributed by atoms with Crippen molar-refractivity contribution in [3.05, 3.63) is 0 Å². The second-order valence-corrected chi connectivity index (χ2v) is 6.75. The highest BCUT2D eigenvalue weighted by Gasteiger charge is 2.39. The van der Waals surface area contributed by atoms with Gasteiger partial charge in [0.15, 0.2) is 0 Å². The zero-order valence-electron chi connectivity index (χ0n) is 13.1. The Kier molecular flexibility index (Phi) is 5.81. The third-order valence-electron chi connectivity index (χ3n) is 4.45. The van der Waals surface area contributed by atoms with Crippen LogP contribution >= 0.6 is 0 Å². The number of hydrogen-bond acceptors (Lipinski definition) is 5. The topological polar surface area (TPSA) is 54.0 Å². The molecule has 2 fully saturated rings. The summed E-state index contributed by atoms with van der Waals surface area (Å²) in [4.78, 5) is 2.46. The van der Waals surface area contributed by atoms with Gasteiger partial charge in [-0.3, -0.25) is 4.90 Å². The Morgan fingerprint density at radius 2 is 2.25 bits per heavy atom. The molecule has 0 aromatic rings. The molecule has 5 nitrogen and oxygen atoms in total. The number of nitrogens with one attached hydrogen (secondary N) is 1. The van der Waals surface area contributed by atoms with E-state index in [9.17, 15) is 5.11 Å². The van der Waals surface area contributed by atoms with E-state index in [1.54, 1.807) is 0 Å². The molecular formula is C15H30N2O3. The van der Waals surface area contributed by atoms with Crippen molar-refractivity contribution >= 4 is 0 Å². The van der Waals surface area contributed by atoms with Crippen LogP contribution in [0.2, 0.25) is 0 Å². The largest absolute Gasteiger partial charge is 0.394 e. The Morgan fingerprint density at radius 3 is 2.85 bits per heavy atom. The normalized spacial score (nSPS) is 35.9. The van der Waals surface area contributed by atoms with Gasteiger partial charge in [-0.05, 0) is 13.3 Å². The molecular weight excluding hydrogens is 256 g/mol. The third-order valence-corrected chi connectivity index (χ3v) is 4.45. The maximum atomic E-state index is 9.31. The van der Waals surface area contributed by atoms with Crippen LogP contribution in [0.1, 0.15) is 27.2 Å². The zero-order valence-corrected chi connectivity index (χ0v) is 13.1. The van der Waals surface area contributed by atoms with E-state index in [1.165, 1.54) is 0 Å². The first-order valence-corrected chi connectivity index (χ1v) is 7.82. The molecule has 2 saturated heterocycles. The molecule has 0 bridgehead atoms. The number of aliphatic hydroxyl groups is 1. The number of morpholine rings is 1. The van der Waals surface area contributed by atoms with E-state index in [4.69, 9.17) is 9.47 Å². The fraction of sp³-hybridized carbons (Fsp3) is 1.00. The Morgan fingerprint density at radius 1 is 1.45 bits per heavy atom. The molecule has 2 heterocycles. The number of hydrogen-bond donors (Lipinski definition) is 2. The molecule has 20 heavy (non-hydrogen) atoms. The van der Waals surface area contributed by atoms with Gasteiger partial charge in [0.1, 0.15) is 0 Å². The fourth-order valence-corrected chi connectivity index (χ4v) is 3.03. The van der Waals surface area contributed by atoms with Gasteiger partial charge in [-0.25, -0.2) is 0 Å². The van der Waals surface area contributed by atoms with Crippen LogP contribution in [0.5, 0.6) is 0 Å². The molecule has 0 radical (unpaired) electrons. The van der Waals surface area contributed by atoms with Gasteiger partial charge in [0.05, 0.1) is 25.9 Å². The molecule has 2 aliphatic heterocycles.